The molecule has 0 radical (unpaired) electrons. The molecule has 1 aromatic heterocycles. The predicted octanol–water partition coefficient (Wildman–Crippen LogP) is 5.57. The zero-order valence-electron chi connectivity index (χ0n) is 24.6. The van der Waals surface area contributed by atoms with Crippen LogP contribution < -0.4 is 9.75 Å². The first-order valence-corrected chi connectivity index (χ1v) is 16.8. The van der Waals surface area contributed by atoms with Gasteiger partial charge in [-0.1, -0.05) is 39.2 Å². The van der Waals surface area contributed by atoms with Crippen molar-refractivity contribution < 1.29 is 42.2 Å². The van der Waals surface area contributed by atoms with Gasteiger partial charge in [-0.25, -0.2) is 4.98 Å². The molecule has 2 saturated heterocycles. The lowest BCUT2D eigenvalue weighted by atomic mass is 9.56. The van der Waals surface area contributed by atoms with Crippen LogP contribution in [0.3, 0.4) is 0 Å². The standard InChI is InChI=1S/C31H23BrCl3F3N4O6/c1-40(24-19(33)5-7-21(39-24)31(36,37)38)42-25(44)17-4-3-16-18(22(17)26(42)45)10-29(34)27(46)41(12-32)28(47)30(29,35)23(16)14-8-13-9-15(43)2-6-20(13)48-11-14/h2-3,5-7,9,11,17-18,22-23,43H,4,8,10,12H2,1H3. The maximum atomic E-state index is 14.3. The SMILES string of the molecule is CN(c1nc(C(F)(F)F)ccc1Cl)N1C(=O)C2CC=C3C(CC4(Cl)C(=O)N(CBr)C(=O)C4(Cl)C3C3=COc4ccc(O)cc4C3)C2C1=O. The third kappa shape index (κ3) is 4.48. The second-order valence-corrected chi connectivity index (χ2v) is 14.4. The zero-order chi connectivity index (χ0) is 34.7. The van der Waals surface area contributed by atoms with Crippen LogP contribution in [-0.4, -0.2) is 65.9 Å². The van der Waals surface area contributed by atoms with E-state index in [0.29, 0.717) is 33.5 Å². The summed E-state index contributed by atoms with van der Waals surface area (Å²) in [4.78, 5) is 56.4. The number of phenolic OH excluding ortho intramolecular Hbond substituents is 1. The van der Waals surface area contributed by atoms with Crippen molar-refractivity contribution >= 4 is 80.2 Å². The van der Waals surface area contributed by atoms with Crippen molar-refractivity contribution in [2.75, 3.05) is 17.5 Å². The third-order valence-electron chi connectivity index (χ3n) is 9.86. The van der Waals surface area contributed by atoms with E-state index < -0.39 is 74.7 Å². The lowest BCUT2D eigenvalue weighted by molar-refractivity contribution is -0.142. The number of rotatable bonds is 4. The number of ether oxygens (including phenoxy) is 1. The van der Waals surface area contributed by atoms with E-state index in [9.17, 15) is 37.5 Å². The van der Waals surface area contributed by atoms with Gasteiger partial charge in [-0.2, -0.15) is 18.2 Å². The number of fused-ring (bicyclic) bond motifs is 5. The van der Waals surface area contributed by atoms with Gasteiger partial charge in [0.15, 0.2) is 15.6 Å². The largest absolute Gasteiger partial charge is 0.508 e. The van der Waals surface area contributed by atoms with Gasteiger partial charge in [0.05, 0.1) is 28.6 Å². The Kier molecular flexibility index (Phi) is 7.67. The van der Waals surface area contributed by atoms with Crippen LogP contribution in [0.2, 0.25) is 5.02 Å². The first-order valence-electron chi connectivity index (χ1n) is 14.6. The van der Waals surface area contributed by atoms with Crippen LogP contribution in [0.4, 0.5) is 19.0 Å². The molecule has 1 N–H and O–H groups in total. The highest BCUT2D eigenvalue weighted by Gasteiger charge is 2.76. The minimum atomic E-state index is -4.82. The van der Waals surface area contributed by atoms with Crippen LogP contribution in [0.25, 0.3) is 0 Å². The molecular formula is C31H23BrCl3F3N4O6. The number of pyridine rings is 1. The Labute approximate surface area is 294 Å². The monoisotopic (exact) mass is 788 g/mol. The summed E-state index contributed by atoms with van der Waals surface area (Å²) in [6, 6.07) is 6.18. The lowest BCUT2D eigenvalue weighted by Crippen LogP contribution is -2.61. The minimum Gasteiger partial charge on any atom is -0.508 e. The predicted molar refractivity (Wildman–Crippen MR) is 169 cm³/mol. The Hall–Kier alpha value is -3.33. The topological polar surface area (TPSA) is 120 Å². The number of anilines is 1. The minimum absolute atomic E-state index is 0.0176. The first kappa shape index (κ1) is 33.2. The molecule has 0 bridgehead atoms. The van der Waals surface area contributed by atoms with Crippen molar-refractivity contribution in [3.05, 3.63) is 70.1 Å². The molecule has 2 aromatic rings. The van der Waals surface area contributed by atoms with E-state index in [2.05, 4.69) is 20.9 Å². The quantitative estimate of drug-likeness (QED) is 0.185. The fourth-order valence-electron chi connectivity index (χ4n) is 7.75. The third-order valence-corrected chi connectivity index (χ3v) is 12.1. The molecule has 7 rings (SSSR count). The second-order valence-electron chi connectivity index (χ2n) is 12.3. The zero-order valence-corrected chi connectivity index (χ0v) is 28.5. The molecule has 5 aliphatic rings. The number of amides is 4. The highest BCUT2D eigenvalue weighted by Crippen LogP contribution is 2.65. The number of phenols is 1. The molecule has 10 nitrogen and oxygen atoms in total. The summed E-state index contributed by atoms with van der Waals surface area (Å²) in [7, 11) is 1.20. The number of halogens is 7. The number of aromatic hydroxyl groups is 1. The van der Waals surface area contributed by atoms with Gasteiger partial charge < -0.3 is 9.84 Å². The van der Waals surface area contributed by atoms with Gasteiger partial charge in [-0.05, 0) is 54.7 Å². The van der Waals surface area contributed by atoms with E-state index in [1.807, 2.05) is 0 Å². The van der Waals surface area contributed by atoms with Gasteiger partial charge in [0.25, 0.3) is 23.6 Å². The number of carbonyl (C=O) groups is 4. The Balaban J connectivity index is 1.32. The van der Waals surface area contributed by atoms with Crippen LogP contribution >= 0.6 is 50.7 Å². The van der Waals surface area contributed by atoms with E-state index in [4.69, 9.17) is 39.5 Å². The molecule has 2 aliphatic carbocycles. The van der Waals surface area contributed by atoms with E-state index in [-0.39, 0.29) is 35.5 Å². The number of alkyl halides is 6. The van der Waals surface area contributed by atoms with Crippen molar-refractivity contribution in [3.8, 4) is 11.5 Å². The van der Waals surface area contributed by atoms with Gasteiger partial charge in [-0.3, -0.25) is 29.1 Å². The van der Waals surface area contributed by atoms with Crippen molar-refractivity contribution in [2.45, 2.75) is 35.2 Å². The summed E-state index contributed by atoms with van der Waals surface area (Å²) in [6.45, 7) is 0. The average molecular weight is 791 g/mol. The molecule has 3 aliphatic heterocycles. The van der Waals surface area contributed by atoms with E-state index in [1.165, 1.54) is 25.4 Å². The summed E-state index contributed by atoms with van der Waals surface area (Å²) < 4.78 is 46.4. The lowest BCUT2D eigenvalue weighted by Gasteiger charge is -2.51. The molecule has 3 fully saturated rings. The number of imide groups is 2. The number of likely N-dealkylation sites (tertiary alicyclic amines) is 1. The smallest absolute Gasteiger partial charge is 0.433 e. The molecule has 48 heavy (non-hydrogen) atoms. The van der Waals surface area contributed by atoms with Crippen molar-refractivity contribution in [1.82, 2.24) is 14.9 Å². The summed E-state index contributed by atoms with van der Waals surface area (Å²) in [6.07, 6.45) is -1.82. The fraction of sp³-hybridized carbons (Fsp3) is 0.387. The fourth-order valence-corrected chi connectivity index (χ4v) is 9.42. The van der Waals surface area contributed by atoms with E-state index >= 15 is 0 Å². The van der Waals surface area contributed by atoms with Crippen LogP contribution in [0, 0.1) is 23.7 Å². The maximum Gasteiger partial charge on any atom is 0.433 e. The average Bonchev–Trinajstić information content (AvgIpc) is 3.37. The van der Waals surface area contributed by atoms with Gasteiger partial charge in [0.2, 0.25) is 0 Å². The van der Waals surface area contributed by atoms with Crippen LogP contribution in [-0.2, 0) is 31.8 Å². The van der Waals surface area contributed by atoms with Crippen LogP contribution in [0.15, 0.2) is 53.8 Å². The Morgan fingerprint density at radius 3 is 2.52 bits per heavy atom. The summed E-state index contributed by atoms with van der Waals surface area (Å²) >= 11 is 23.9. The van der Waals surface area contributed by atoms with E-state index in [0.717, 1.165) is 16.0 Å². The van der Waals surface area contributed by atoms with E-state index in [1.54, 1.807) is 12.1 Å². The number of hydrazine groups is 1. The number of allylic oxidation sites excluding steroid dienone is 3. The van der Waals surface area contributed by atoms with Gasteiger partial charge in [0, 0.05) is 24.9 Å². The molecule has 1 saturated carbocycles. The first-order chi connectivity index (χ1) is 22.5. The molecule has 6 unspecified atom stereocenters. The molecule has 4 amide bonds. The Morgan fingerprint density at radius 1 is 1.10 bits per heavy atom. The Bertz CT molecular complexity index is 1890. The number of hydrogen-bond donors (Lipinski definition) is 1. The number of nitrogens with zero attached hydrogens (tertiary/aromatic N) is 4. The number of carbonyl (C=O) groups excluding carboxylic acids is 4. The van der Waals surface area contributed by atoms with Crippen molar-refractivity contribution in [3.63, 3.8) is 0 Å². The molecule has 1 aromatic carbocycles. The highest BCUT2D eigenvalue weighted by atomic mass is 79.9. The molecule has 4 heterocycles. The maximum absolute atomic E-state index is 14.3. The van der Waals surface area contributed by atoms with Crippen LogP contribution in [0.1, 0.15) is 24.1 Å². The highest BCUT2D eigenvalue weighted by molar-refractivity contribution is 9.09. The summed E-state index contributed by atoms with van der Waals surface area (Å²) in [5.41, 5.74) is 0.0443. The number of hydrogen-bond acceptors (Lipinski definition) is 8. The molecule has 0 spiro atoms. The second kappa shape index (κ2) is 11.1. The normalized spacial score (nSPS) is 31.1. The number of aromatic nitrogens is 1. The molecular weight excluding hydrogens is 768 g/mol. The van der Waals surface area contributed by atoms with Gasteiger partial charge >= 0.3 is 6.18 Å². The van der Waals surface area contributed by atoms with Crippen LogP contribution in [0.5, 0.6) is 11.5 Å². The Morgan fingerprint density at radius 2 is 1.83 bits per heavy atom. The van der Waals surface area contributed by atoms with Gasteiger partial charge in [-0.15, -0.1) is 23.2 Å². The van der Waals surface area contributed by atoms with Crippen molar-refractivity contribution in [2.24, 2.45) is 23.7 Å². The summed E-state index contributed by atoms with van der Waals surface area (Å²) in [5, 5.41) is 11.5. The van der Waals surface area contributed by atoms with Crippen molar-refractivity contribution in [1.29, 1.82) is 0 Å². The molecule has 17 heteroatoms. The molecule has 6 atom stereocenters. The number of benzene rings is 1. The summed E-state index contributed by atoms with van der Waals surface area (Å²) in [5.74, 6) is -7.12. The van der Waals surface area contributed by atoms with Gasteiger partial charge in [0.1, 0.15) is 17.2 Å². The molecule has 252 valence electrons.